The van der Waals surface area contributed by atoms with Crippen LogP contribution in [0.2, 0.25) is 5.02 Å². The summed E-state index contributed by atoms with van der Waals surface area (Å²) < 4.78 is 53.0. The van der Waals surface area contributed by atoms with Gasteiger partial charge in [-0.3, -0.25) is 9.53 Å². The number of aliphatic hydroxyl groups excluding tert-OH is 1. The van der Waals surface area contributed by atoms with Crippen molar-refractivity contribution in [3.05, 3.63) is 40.6 Å². The van der Waals surface area contributed by atoms with Crippen molar-refractivity contribution in [1.29, 1.82) is 0 Å². The normalized spacial score (nSPS) is 35.1. The first-order valence-electron chi connectivity index (χ1n) is 12.1. The fraction of sp³-hybridized carbons (Fsp3) is 0.625. The number of ether oxygens (including phenoxy) is 2. The minimum atomic E-state index is -4.64. The highest BCUT2D eigenvalue weighted by Crippen LogP contribution is 2.57. The molecule has 0 spiro atoms. The summed E-state index contributed by atoms with van der Waals surface area (Å²) in [6.45, 7) is 0. The van der Waals surface area contributed by atoms with Crippen LogP contribution in [0.1, 0.15) is 80.7 Å². The smallest absolute Gasteiger partial charge is 0.480 e. The van der Waals surface area contributed by atoms with E-state index in [1.54, 1.807) is 18.2 Å². The lowest BCUT2D eigenvalue weighted by molar-refractivity contribution is -0.352. The Morgan fingerprint density at radius 2 is 1.92 bits per heavy atom. The molecule has 2 atom stereocenters. The van der Waals surface area contributed by atoms with Gasteiger partial charge >= 0.3 is 6.36 Å². The Balaban J connectivity index is 1.09. The molecule has 0 radical (unpaired) electrons. The van der Waals surface area contributed by atoms with Crippen molar-refractivity contribution in [2.45, 2.75) is 92.9 Å². The molecule has 4 aliphatic rings. The molecule has 0 saturated heterocycles. The topological polar surface area (TPSA) is 107 Å². The predicted molar refractivity (Wildman–Crippen MR) is 118 cm³/mol. The molecule has 2 heterocycles. The molecule has 6 rings (SSSR count). The van der Waals surface area contributed by atoms with E-state index in [2.05, 4.69) is 20.3 Å². The van der Waals surface area contributed by atoms with Gasteiger partial charge in [0.25, 0.3) is 5.91 Å². The van der Waals surface area contributed by atoms with Crippen molar-refractivity contribution < 1.29 is 37.0 Å². The summed E-state index contributed by atoms with van der Waals surface area (Å²) in [6.07, 6.45) is -3.05. The summed E-state index contributed by atoms with van der Waals surface area (Å²) in [5, 5.41) is 22.6. The van der Waals surface area contributed by atoms with Gasteiger partial charge in [-0.2, -0.15) is 0 Å². The van der Waals surface area contributed by atoms with Gasteiger partial charge in [-0.1, -0.05) is 11.6 Å². The first-order chi connectivity index (χ1) is 17.0. The van der Waals surface area contributed by atoms with Crippen LogP contribution in [0.25, 0.3) is 0 Å². The Morgan fingerprint density at radius 1 is 1.17 bits per heavy atom. The first kappa shape index (κ1) is 24.0. The molecule has 1 aromatic carbocycles. The summed E-state index contributed by atoms with van der Waals surface area (Å²) in [4.78, 5) is 13.2. The number of hydrogen-bond acceptors (Lipinski definition) is 7. The van der Waals surface area contributed by atoms with Crippen LogP contribution in [0.5, 0.6) is 5.75 Å². The average Bonchev–Trinajstić information content (AvgIpc) is 3.50. The number of carbonyl (C=O) groups is 1. The maximum absolute atomic E-state index is 13.2. The summed E-state index contributed by atoms with van der Waals surface area (Å²) in [7, 11) is 0. The molecule has 3 saturated carbocycles. The third-order valence-electron chi connectivity index (χ3n) is 8.20. The molecule has 8 nitrogen and oxygen atoms in total. The lowest BCUT2D eigenvalue weighted by Gasteiger charge is -2.33. The third kappa shape index (κ3) is 4.24. The lowest BCUT2D eigenvalue weighted by Crippen LogP contribution is -2.51. The number of halogens is 4. The maximum atomic E-state index is 13.2. The van der Waals surface area contributed by atoms with Gasteiger partial charge in [0, 0.05) is 28.5 Å². The monoisotopic (exact) mass is 527 g/mol. The number of carbonyl (C=O) groups excluding carboxylic acids is 1. The van der Waals surface area contributed by atoms with E-state index < -0.39 is 30.2 Å². The summed E-state index contributed by atoms with van der Waals surface area (Å²) in [6, 6.07) is 4.95. The fourth-order valence-corrected chi connectivity index (χ4v) is 6.43. The third-order valence-corrected chi connectivity index (χ3v) is 8.43. The van der Waals surface area contributed by atoms with Crippen molar-refractivity contribution in [1.82, 2.24) is 15.5 Å². The molecule has 1 aromatic heterocycles. The number of alkyl halides is 3. The molecule has 3 fully saturated rings. The SMILES string of the molecule is O=C(NC12CCC(c3nnc([C@H]4C[C@@H](OC(F)(F)F)C4)o3)(CC1)C2)C1CC(O)c2cc(Cl)ccc2O1. The first-order valence-corrected chi connectivity index (χ1v) is 12.5. The van der Waals surface area contributed by atoms with Crippen molar-refractivity contribution in [2.24, 2.45) is 0 Å². The van der Waals surface area contributed by atoms with Crippen LogP contribution < -0.4 is 10.1 Å². The van der Waals surface area contributed by atoms with E-state index >= 15 is 0 Å². The molecular weight excluding hydrogens is 503 g/mol. The zero-order valence-corrected chi connectivity index (χ0v) is 19.9. The Labute approximate surface area is 209 Å². The molecule has 3 aliphatic carbocycles. The Morgan fingerprint density at radius 3 is 2.64 bits per heavy atom. The van der Waals surface area contributed by atoms with Gasteiger partial charge in [-0.15, -0.1) is 23.4 Å². The van der Waals surface area contributed by atoms with Crippen molar-refractivity contribution in [2.75, 3.05) is 0 Å². The number of nitrogens with zero attached hydrogens (tertiary/aromatic N) is 2. The van der Waals surface area contributed by atoms with Gasteiger partial charge in [0.2, 0.25) is 11.8 Å². The second-order valence-corrected chi connectivity index (χ2v) is 11.0. The van der Waals surface area contributed by atoms with Crippen LogP contribution in [0.15, 0.2) is 22.6 Å². The van der Waals surface area contributed by atoms with Crippen molar-refractivity contribution >= 4 is 17.5 Å². The van der Waals surface area contributed by atoms with Crippen LogP contribution >= 0.6 is 11.6 Å². The van der Waals surface area contributed by atoms with Crippen molar-refractivity contribution in [3.8, 4) is 5.75 Å². The van der Waals surface area contributed by atoms with Crippen LogP contribution in [0.3, 0.4) is 0 Å². The second kappa shape index (κ2) is 8.32. The number of fused-ring (bicyclic) bond motifs is 3. The van der Waals surface area contributed by atoms with Gasteiger partial charge in [0.15, 0.2) is 6.10 Å². The minimum absolute atomic E-state index is 0.133. The van der Waals surface area contributed by atoms with Crippen LogP contribution in [-0.2, 0) is 14.9 Å². The van der Waals surface area contributed by atoms with E-state index in [1.165, 1.54) is 0 Å². The Hall–Kier alpha value is -2.37. The molecule has 12 heteroatoms. The summed E-state index contributed by atoms with van der Waals surface area (Å²) >= 11 is 6.01. The van der Waals surface area contributed by atoms with Crippen molar-refractivity contribution in [3.63, 3.8) is 0 Å². The molecule has 194 valence electrons. The van der Waals surface area contributed by atoms with E-state index in [-0.39, 0.29) is 36.5 Å². The van der Waals surface area contributed by atoms with Gasteiger partial charge < -0.3 is 19.6 Å². The Bertz CT molecular complexity index is 1170. The highest BCUT2D eigenvalue weighted by molar-refractivity contribution is 6.30. The summed E-state index contributed by atoms with van der Waals surface area (Å²) in [5.74, 6) is 0.763. The van der Waals surface area contributed by atoms with E-state index in [4.69, 9.17) is 20.8 Å². The molecule has 1 aliphatic heterocycles. The predicted octanol–water partition coefficient (Wildman–Crippen LogP) is 4.46. The zero-order chi connectivity index (χ0) is 25.3. The zero-order valence-electron chi connectivity index (χ0n) is 19.2. The van der Waals surface area contributed by atoms with E-state index in [9.17, 15) is 23.1 Å². The van der Waals surface area contributed by atoms with E-state index in [0.29, 0.717) is 34.5 Å². The highest BCUT2D eigenvalue weighted by atomic mass is 35.5. The molecule has 2 bridgehead atoms. The standard InChI is InChI=1S/C24H25ClF3N3O5/c25-13-1-2-17-15(9-13)16(32)10-18(34-17)19(33)29-23-5-3-22(11-23,4-6-23)21-31-30-20(35-21)12-7-14(8-12)36-24(26,27)28/h1-2,9,12,14,16,18,32H,3-8,10-11H2,(H,29,33)/t12-,14+,16?,18?,22?,23?. The lowest BCUT2D eigenvalue weighted by atomic mass is 9.82. The van der Waals surface area contributed by atoms with E-state index in [0.717, 1.165) is 25.7 Å². The molecule has 2 aromatic rings. The highest BCUT2D eigenvalue weighted by Gasteiger charge is 2.59. The Kier molecular flexibility index (Phi) is 5.55. The van der Waals surface area contributed by atoms with E-state index in [1.807, 2.05) is 0 Å². The number of nitrogens with one attached hydrogen (secondary N) is 1. The van der Waals surface area contributed by atoms with Gasteiger partial charge in [-0.05, 0) is 63.1 Å². The number of aromatic nitrogens is 2. The van der Waals surface area contributed by atoms with Crippen LogP contribution in [-0.4, -0.2) is 45.3 Å². The number of aliphatic hydroxyl groups is 1. The quantitative estimate of drug-likeness (QED) is 0.591. The second-order valence-electron chi connectivity index (χ2n) is 10.6. The number of hydrogen-bond donors (Lipinski definition) is 2. The average molecular weight is 528 g/mol. The summed E-state index contributed by atoms with van der Waals surface area (Å²) in [5.41, 5.74) is -0.219. The number of amides is 1. The van der Waals surface area contributed by atoms with Gasteiger partial charge in [0.1, 0.15) is 5.75 Å². The van der Waals surface area contributed by atoms with Crippen LogP contribution in [0.4, 0.5) is 13.2 Å². The van der Waals surface area contributed by atoms with Gasteiger partial charge in [-0.25, -0.2) is 0 Å². The van der Waals surface area contributed by atoms with Crippen LogP contribution in [0, 0.1) is 0 Å². The largest absolute Gasteiger partial charge is 0.522 e. The maximum Gasteiger partial charge on any atom is 0.522 e. The number of rotatable bonds is 5. The van der Waals surface area contributed by atoms with Gasteiger partial charge in [0.05, 0.1) is 17.6 Å². The molecular formula is C24H25ClF3N3O5. The fourth-order valence-electron chi connectivity index (χ4n) is 6.25. The molecule has 1 amide bonds. The minimum Gasteiger partial charge on any atom is -0.480 e. The number of benzene rings is 1. The molecule has 2 unspecified atom stereocenters. The molecule has 36 heavy (non-hydrogen) atoms. The molecule has 2 N–H and O–H groups in total.